The molecule has 0 unspecified atom stereocenters. The van der Waals surface area contributed by atoms with E-state index in [1.165, 1.54) is 8.61 Å². The minimum atomic E-state index is -3.96. The van der Waals surface area contributed by atoms with Gasteiger partial charge in [-0.25, -0.2) is 16.8 Å². The van der Waals surface area contributed by atoms with Crippen molar-refractivity contribution in [1.29, 1.82) is 0 Å². The third-order valence-corrected chi connectivity index (χ3v) is 9.53. The van der Waals surface area contributed by atoms with Crippen molar-refractivity contribution in [2.45, 2.75) is 42.8 Å². The highest BCUT2D eigenvalue weighted by Gasteiger charge is 2.50. The predicted molar refractivity (Wildman–Crippen MR) is 124 cm³/mol. The summed E-state index contributed by atoms with van der Waals surface area (Å²) < 4.78 is 57.3. The van der Waals surface area contributed by atoms with Gasteiger partial charge in [-0.2, -0.15) is 8.61 Å². The molecule has 0 aliphatic carbocycles. The van der Waals surface area contributed by atoms with Gasteiger partial charge in [0.25, 0.3) is 0 Å². The van der Waals surface area contributed by atoms with Gasteiger partial charge < -0.3 is 0 Å². The van der Waals surface area contributed by atoms with Crippen LogP contribution in [0.25, 0.3) is 0 Å². The molecule has 1 fully saturated rings. The lowest BCUT2D eigenvalue weighted by Crippen LogP contribution is -2.39. The van der Waals surface area contributed by atoms with E-state index < -0.39 is 32.3 Å². The SMILES string of the molecule is Cc1ccc(S(=O)(=O)N2C[C@H](C)N(S(=O)(=O)c3ccc(C)cc3)[C@H]2c2ccccc2)cc1. The number of hydrogen-bond acceptors (Lipinski definition) is 4. The second-order valence-electron chi connectivity index (χ2n) is 8.17. The fraction of sp³-hybridized carbons (Fsp3) is 0.250. The van der Waals surface area contributed by atoms with Crippen molar-refractivity contribution in [2.24, 2.45) is 0 Å². The molecule has 1 heterocycles. The molecule has 8 heteroatoms. The van der Waals surface area contributed by atoms with E-state index in [1.807, 2.05) is 19.9 Å². The number of hydrogen-bond donors (Lipinski definition) is 0. The van der Waals surface area contributed by atoms with Gasteiger partial charge in [-0.3, -0.25) is 0 Å². The Morgan fingerprint density at radius 1 is 0.688 bits per heavy atom. The van der Waals surface area contributed by atoms with Crippen LogP contribution >= 0.6 is 0 Å². The summed E-state index contributed by atoms with van der Waals surface area (Å²) in [7, 11) is -7.90. The number of rotatable bonds is 5. The zero-order chi connectivity index (χ0) is 23.1. The van der Waals surface area contributed by atoms with Crippen LogP contribution in [0.3, 0.4) is 0 Å². The molecular formula is C24H26N2O4S2. The highest BCUT2D eigenvalue weighted by molar-refractivity contribution is 7.90. The van der Waals surface area contributed by atoms with Gasteiger partial charge in [0.1, 0.15) is 6.17 Å². The average Bonchev–Trinajstić information content (AvgIpc) is 3.14. The molecule has 4 rings (SSSR count). The van der Waals surface area contributed by atoms with Crippen molar-refractivity contribution in [3.63, 3.8) is 0 Å². The van der Waals surface area contributed by atoms with E-state index >= 15 is 0 Å². The van der Waals surface area contributed by atoms with E-state index in [0.29, 0.717) is 5.56 Å². The third kappa shape index (κ3) is 3.99. The van der Waals surface area contributed by atoms with Gasteiger partial charge in [-0.15, -0.1) is 0 Å². The molecule has 0 N–H and O–H groups in total. The quantitative estimate of drug-likeness (QED) is 0.563. The fourth-order valence-corrected chi connectivity index (χ4v) is 7.49. The van der Waals surface area contributed by atoms with E-state index in [2.05, 4.69) is 0 Å². The lowest BCUT2D eigenvalue weighted by Gasteiger charge is -2.30. The van der Waals surface area contributed by atoms with Crippen LogP contribution in [-0.2, 0) is 20.0 Å². The Hall–Kier alpha value is -2.52. The molecule has 1 aliphatic heterocycles. The van der Waals surface area contributed by atoms with Crippen LogP contribution in [0.15, 0.2) is 88.7 Å². The van der Waals surface area contributed by atoms with Crippen LogP contribution < -0.4 is 0 Å². The molecule has 1 saturated heterocycles. The van der Waals surface area contributed by atoms with E-state index in [9.17, 15) is 16.8 Å². The minimum Gasteiger partial charge on any atom is -0.207 e. The highest BCUT2D eigenvalue weighted by Crippen LogP contribution is 2.41. The monoisotopic (exact) mass is 470 g/mol. The van der Waals surface area contributed by atoms with Crippen LogP contribution in [-0.4, -0.2) is 38.0 Å². The van der Waals surface area contributed by atoms with Crippen LogP contribution in [0.1, 0.15) is 29.8 Å². The van der Waals surface area contributed by atoms with Gasteiger partial charge >= 0.3 is 0 Å². The van der Waals surface area contributed by atoms with Gasteiger partial charge in [-0.1, -0.05) is 65.7 Å². The second kappa shape index (κ2) is 8.44. The Balaban J connectivity index is 1.86. The second-order valence-corrected chi connectivity index (χ2v) is 11.9. The van der Waals surface area contributed by atoms with Gasteiger partial charge in [0, 0.05) is 12.6 Å². The lowest BCUT2D eigenvalue weighted by atomic mass is 10.2. The maximum atomic E-state index is 13.7. The highest BCUT2D eigenvalue weighted by atomic mass is 32.2. The topological polar surface area (TPSA) is 74.8 Å². The molecule has 3 aromatic rings. The van der Waals surface area contributed by atoms with Gasteiger partial charge in [-0.05, 0) is 50.6 Å². The molecule has 32 heavy (non-hydrogen) atoms. The van der Waals surface area contributed by atoms with Crippen molar-refractivity contribution in [3.8, 4) is 0 Å². The van der Waals surface area contributed by atoms with E-state index in [1.54, 1.807) is 79.7 Å². The summed E-state index contributed by atoms with van der Waals surface area (Å²) in [5.74, 6) is 0. The Labute approximate surface area is 190 Å². The summed E-state index contributed by atoms with van der Waals surface area (Å²) in [6, 6.07) is 21.6. The largest absolute Gasteiger partial charge is 0.245 e. The first kappa shape index (κ1) is 22.7. The summed E-state index contributed by atoms with van der Waals surface area (Å²) in [6.45, 7) is 5.57. The molecule has 0 saturated carbocycles. The zero-order valence-corrected chi connectivity index (χ0v) is 19.8. The number of benzene rings is 3. The van der Waals surface area contributed by atoms with E-state index in [0.717, 1.165) is 11.1 Å². The standard InChI is InChI=1S/C24H26N2O4S2/c1-18-9-13-22(14-10-18)31(27,28)25-17-20(3)26(24(25)21-7-5-4-6-8-21)32(29,30)23-15-11-19(2)12-16-23/h4-16,20,24H,17H2,1-3H3/t20-,24-/m0/s1. The molecule has 0 bridgehead atoms. The predicted octanol–water partition coefficient (Wildman–Crippen LogP) is 4.09. The average molecular weight is 471 g/mol. The Morgan fingerprint density at radius 2 is 1.16 bits per heavy atom. The van der Waals surface area contributed by atoms with Crippen molar-refractivity contribution in [2.75, 3.05) is 6.54 Å². The maximum Gasteiger partial charge on any atom is 0.245 e. The summed E-state index contributed by atoms with van der Waals surface area (Å²) in [4.78, 5) is 0.288. The zero-order valence-electron chi connectivity index (χ0n) is 18.2. The Bertz CT molecular complexity index is 1300. The third-order valence-electron chi connectivity index (χ3n) is 5.71. The molecule has 0 amide bonds. The fourth-order valence-electron chi connectivity index (χ4n) is 4.02. The minimum absolute atomic E-state index is 0.0564. The summed E-state index contributed by atoms with van der Waals surface area (Å²) in [5.41, 5.74) is 2.49. The van der Waals surface area contributed by atoms with Crippen LogP contribution in [0.5, 0.6) is 0 Å². The molecule has 2 atom stereocenters. The molecule has 0 radical (unpaired) electrons. The molecule has 6 nitrogen and oxygen atoms in total. The van der Waals surface area contributed by atoms with E-state index in [4.69, 9.17) is 0 Å². The number of aryl methyl sites for hydroxylation is 2. The first-order valence-electron chi connectivity index (χ1n) is 10.4. The van der Waals surface area contributed by atoms with Crippen molar-refractivity contribution >= 4 is 20.0 Å². The van der Waals surface area contributed by atoms with E-state index in [-0.39, 0.29) is 16.3 Å². The first-order valence-corrected chi connectivity index (χ1v) is 13.2. The normalized spacial score (nSPS) is 20.5. The number of nitrogens with zero attached hydrogens (tertiary/aromatic N) is 2. The summed E-state index contributed by atoms with van der Waals surface area (Å²) >= 11 is 0. The van der Waals surface area contributed by atoms with Crippen LogP contribution in [0, 0.1) is 13.8 Å². The summed E-state index contributed by atoms with van der Waals surface area (Å²) in [5, 5.41) is 0. The summed E-state index contributed by atoms with van der Waals surface area (Å²) in [6.07, 6.45) is -0.983. The molecule has 168 valence electrons. The van der Waals surface area contributed by atoms with Crippen molar-refractivity contribution in [1.82, 2.24) is 8.61 Å². The van der Waals surface area contributed by atoms with Gasteiger partial charge in [0.2, 0.25) is 20.0 Å². The Kier molecular flexibility index (Phi) is 5.98. The Morgan fingerprint density at radius 3 is 1.66 bits per heavy atom. The van der Waals surface area contributed by atoms with Crippen molar-refractivity contribution < 1.29 is 16.8 Å². The van der Waals surface area contributed by atoms with Gasteiger partial charge in [0.05, 0.1) is 9.79 Å². The first-order chi connectivity index (χ1) is 15.1. The van der Waals surface area contributed by atoms with Crippen molar-refractivity contribution in [3.05, 3.63) is 95.6 Å². The molecule has 1 aliphatic rings. The van der Waals surface area contributed by atoms with Crippen LogP contribution in [0.4, 0.5) is 0 Å². The number of sulfonamides is 2. The molecule has 0 spiro atoms. The lowest BCUT2D eigenvalue weighted by molar-refractivity contribution is 0.276. The molecule has 3 aromatic carbocycles. The smallest absolute Gasteiger partial charge is 0.207 e. The van der Waals surface area contributed by atoms with Crippen LogP contribution in [0.2, 0.25) is 0 Å². The molecular weight excluding hydrogens is 444 g/mol. The molecule has 0 aromatic heterocycles. The van der Waals surface area contributed by atoms with Gasteiger partial charge in [0.15, 0.2) is 0 Å². The maximum absolute atomic E-state index is 13.7.